The Bertz CT molecular complexity index is 702. The Hall–Kier alpha value is -2.02. The van der Waals surface area contributed by atoms with Crippen LogP contribution in [0.5, 0.6) is 0 Å². The van der Waals surface area contributed by atoms with Crippen LogP contribution < -0.4 is 0 Å². The van der Waals surface area contributed by atoms with Gasteiger partial charge in [0.1, 0.15) is 0 Å². The molecule has 2 aromatic carbocycles. The molecule has 0 aliphatic carbocycles. The van der Waals surface area contributed by atoms with Crippen LogP contribution in [0.2, 0.25) is 0 Å². The van der Waals surface area contributed by atoms with Crippen LogP contribution in [0.1, 0.15) is 30.9 Å². The SMILES string of the molecule is Cc1cccc2cc(-c3ccc(C(C)C)cc3)[nH]c12. The third-order valence-corrected chi connectivity index (χ3v) is 3.75. The number of fused-ring (bicyclic) bond motifs is 1. The zero-order chi connectivity index (χ0) is 13.4. The van der Waals surface area contributed by atoms with Crippen molar-refractivity contribution in [3.8, 4) is 11.3 Å². The van der Waals surface area contributed by atoms with Crippen LogP contribution >= 0.6 is 0 Å². The molecule has 0 saturated carbocycles. The van der Waals surface area contributed by atoms with Crippen molar-refractivity contribution in [1.29, 1.82) is 0 Å². The number of aromatic nitrogens is 1. The van der Waals surface area contributed by atoms with Crippen LogP contribution in [0.3, 0.4) is 0 Å². The average molecular weight is 249 g/mol. The number of hydrogen-bond acceptors (Lipinski definition) is 0. The van der Waals surface area contributed by atoms with Gasteiger partial charge in [-0.05, 0) is 35.6 Å². The summed E-state index contributed by atoms with van der Waals surface area (Å²) in [6.45, 7) is 6.59. The molecule has 96 valence electrons. The summed E-state index contributed by atoms with van der Waals surface area (Å²) >= 11 is 0. The Balaban J connectivity index is 2.06. The largest absolute Gasteiger partial charge is 0.354 e. The highest BCUT2D eigenvalue weighted by molar-refractivity contribution is 5.88. The van der Waals surface area contributed by atoms with E-state index in [1.165, 1.54) is 33.3 Å². The van der Waals surface area contributed by atoms with Gasteiger partial charge in [-0.1, -0.05) is 56.3 Å². The maximum absolute atomic E-state index is 3.53. The number of rotatable bonds is 2. The van der Waals surface area contributed by atoms with Gasteiger partial charge in [0, 0.05) is 16.6 Å². The van der Waals surface area contributed by atoms with E-state index < -0.39 is 0 Å². The normalized spacial score (nSPS) is 11.4. The van der Waals surface area contributed by atoms with Crippen LogP contribution in [0.4, 0.5) is 0 Å². The first-order valence-electron chi connectivity index (χ1n) is 6.84. The van der Waals surface area contributed by atoms with Gasteiger partial charge in [0.15, 0.2) is 0 Å². The minimum atomic E-state index is 0.582. The number of nitrogens with one attached hydrogen (secondary N) is 1. The Kier molecular flexibility index (Phi) is 2.90. The van der Waals surface area contributed by atoms with Crippen molar-refractivity contribution in [2.75, 3.05) is 0 Å². The zero-order valence-electron chi connectivity index (χ0n) is 11.7. The fourth-order valence-corrected chi connectivity index (χ4v) is 2.51. The molecule has 0 spiro atoms. The monoisotopic (exact) mass is 249 g/mol. The second kappa shape index (κ2) is 4.58. The summed E-state index contributed by atoms with van der Waals surface area (Å²) in [5.74, 6) is 0.582. The van der Waals surface area contributed by atoms with Crippen molar-refractivity contribution in [3.63, 3.8) is 0 Å². The van der Waals surface area contributed by atoms with E-state index in [2.05, 4.69) is 74.3 Å². The molecule has 1 N–H and O–H groups in total. The third kappa shape index (κ3) is 2.17. The van der Waals surface area contributed by atoms with Crippen LogP contribution in [0.15, 0.2) is 48.5 Å². The van der Waals surface area contributed by atoms with Gasteiger partial charge in [-0.15, -0.1) is 0 Å². The van der Waals surface area contributed by atoms with E-state index in [1.54, 1.807) is 0 Å². The third-order valence-electron chi connectivity index (χ3n) is 3.75. The molecule has 1 heteroatoms. The Morgan fingerprint density at radius 2 is 1.68 bits per heavy atom. The lowest BCUT2D eigenvalue weighted by Crippen LogP contribution is -1.86. The molecule has 1 heterocycles. The summed E-state index contributed by atoms with van der Waals surface area (Å²) in [4.78, 5) is 3.53. The summed E-state index contributed by atoms with van der Waals surface area (Å²) < 4.78 is 0. The number of H-pyrrole nitrogens is 1. The lowest BCUT2D eigenvalue weighted by molar-refractivity contribution is 0.867. The summed E-state index contributed by atoms with van der Waals surface area (Å²) in [7, 11) is 0. The molecule has 0 fully saturated rings. The highest BCUT2D eigenvalue weighted by Crippen LogP contribution is 2.27. The number of aryl methyl sites for hydroxylation is 1. The lowest BCUT2D eigenvalue weighted by Gasteiger charge is -2.05. The van der Waals surface area contributed by atoms with E-state index in [1.807, 2.05) is 0 Å². The van der Waals surface area contributed by atoms with Crippen LogP contribution in [-0.4, -0.2) is 4.98 Å². The predicted molar refractivity (Wildman–Crippen MR) is 82.6 cm³/mol. The van der Waals surface area contributed by atoms with Crippen molar-refractivity contribution in [2.24, 2.45) is 0 Å². The van der Waals surface area contributed by atoms with Gasteiger partial charge in [0.05, 0.1) is 0 Å². The number of hydrogen-bond donors (Lipinski definition) is 1. The van der Waals surface area contributed by atoms with Gasteiger partial charge < -0.3 is 4.98 Å². The fourth-order valence-electron chi connectivity index (χ4n) is 2.51. The number of aromatic amines is 1. The number of benzene rings is 2. The van der Waals surface area contributed by atoms with Crippen molar-refractivity contribution in [1.82, 2.24) is 4.98 Å². The molecule has 0 atom stereocenters. The molecule has 0 saturated heterocycles. The van der Waals surface area contributed by atoms with Gasteiger partial charge in [-0.25, -0.2) is 0 Å². The van der Waals surface area contributed by atoms with E-state index in [0.29, 0.717) is 5.92 Å². The molecule has 3 rings (SSSR count). The molecule has 3 aromatic rings. The lowest BCUT2D eigenvalue weighted by atomic mass is 10.0. The van der Waals surface area contributed by atoms with E-state index in [4.69, 9.17) is 0 Å². The quantitative estimate of drug-likeness (QED) is 0.637. The molecular weight excluding hydrogens is 230 g/mol. The Morgan fingerprint density at radius 3 is 2.32 bits per heavy atom. The molecule has 0 unspecified atom stereocenters. The number of para-hydroxylation sites is 1. The molecule has 0 bridgehead atoms. The second-order valence-electron chi connectivity index (χ2n) is 5.50. The fraction of sp³-hybridized carbons (Fsp3) is 0.222. The van der Waals surface area contributed by atoms with E-state index in [0.717, 1.165) is 0 Å². The summed E-state index contributed by atoms with van der Waals surface area (Å²) in [5.41, 5.74) is 6.36. The summed E-state index contributed by atoms with van der Waals surface area (Å²) in [5, 5.41) is 1.28. The van der Waals surface area contributed by atoms with Crippen molar-refractivity contribution in [3.05, 3.63) is 59.7 Å². The molecule has 0 amide bonds. The van der Waals surface area contributed by atoms with Crippen molar-refractivity contribution >= 4 is 10.9 Å². The van der Waals surface area contributed by atoms with Crippen LogP contribution in [0.25, 0.3) is 22.2 Å². The topological polar surface area (TPSA) is 15.8 Å². The molecule has 1 aromatic heterocycles. The average Bonchev–Trinajstić information content (AvgIpc) is 2.84. The minimum Gasteiger partial charge on any atom is -0.354 e. The maximum atomic E-state index is 3.53. The first kappa shape index (κ1) is 12.0. The van der Waals surface area contributed by atoms with E-state index in [9.17, 15) is 0 Å². The van der Waals surface area contributed by atoms with E-state index >= 15 is 0 Å². The summed E-state index contributed by atoms with van der Waals surface area (Å²) in [6, 6.07) is 17.5. The molecule has 0 aliphatic heterocycles. The zero-order valence-corrected chi connectivity index (χ0v) is 11.7. The smallest absolute Gasteiger partial charge is 0.0488 e. The van der Waals surface area contributed by atoms with Crippen molar-refractivity contribution < 1.29 is 0 Å². The first-order valence-corrected chi connectivity index (χ1v) is 6.84. The molecule has 0 aliphatic rings. The van der Waals surface area contributed by atoms with Gasteiger partial charge in [0.25, 0.3) is 0 Å². The second-order valence-corrected chi connectivity index (χ2v) is 5.50. The highest BCUT2D eigenvalue weighted by Gasteiger charge is 2.05. The Labute approximate surface area is 114 Å². The van der Waals surface area contributed by atoms with Gasteiger partial charge >= 0.3 is 0 Å². The first-order chi connectivity index (χ1) is 9.15. The molecule has 0 radical (unpaired) electrons. The molecule has 1 nitrogen and oxygen atoms in total. The van der Waals surface area contributed by atoms with Gasteiger partial charge in [-0.3, -0.25) is 0 Å². The summed E-state index contributed by atoms with van der Waals surface area (Å²) in [6.07, 6.45) is 0. The maximum Gasteiger partial charge on any atom is 0.0488 e. The van der Waals surface area contributed by atoms with Gasteiger partial charge in [-0.2, -0.15) is 0 Å². The molecular formula is C18H19N. The van der Waals surface area contributed by atoms with Crippen LogP contribution in [0, 0.1) is 6.92 Å². The van der Waals surface area contributed by atoms with E-state index in [-0.39, 0.29) is 0 Å². The highest BCUT2D eigenvalue weighted by atomic mass is 14.7. The minimum absolute atomic E-state index is 0.582. The van der Waals surface area contributed by atoms with Gasteiger partial charge in [0.2, 0.25) is 0 Å². The standard InChI is InChI=1S/C18H19N/c1-12(2)14-7-9-15(10-8-14)17-11-16-6-4-5-13(3)18(16)19-17/h4-12,19H,1-3H3. The Morgan fingerprint density at radius 1 is 0.947 bits per heavy atom. The predicted octanol–water partition coefficient (Wildman–Crippen LogP) is 5.27. The van der Waals surface area contributed by atoms with Crippen molar-refractivity contribution in [2.45, 2.75) is 26.7 Å². The van der Waals surface area contributed by atoms with Crippen LogP contribution in [-0.2, 0) is 0 Å². The molecule has 19 heavy (non-hydrogen) atoms.